The summed E-state index contributed by atoms with van der Waals surface area (Å²) in [6, 6.07) is 17.8. The molecule has 0 amide bonds. The third-order valence-corrected chi connectivity index (χ3v) is 8.17. The molecular formula is C32H53N3P. The molecule has 0 aliphatic carbocycles. The molecule has 0 aliphatic rings. The lowest BCUT2D eigenvalue weighted by molar-refractivity contribution is 0.594. The van der Waals surface area contributed by atoms with Crippen LogP contribution < -0.4 is 20.0 Å². The van der Waals surface area contributed by atoms with Crippen LogP contribution in [0.25, 0.3) is 11.1 Å². The Morgan fingerprint density at radius 2 is 1.06 bits per heavy atom. The van der Waals surface area contributed by atoms with Gasteiger partial charge in [-0.15, -0.1) is 0 Å². The van der Waals surface area contributed by atoms with Crippen molar-refractivity contribution in [3.8, 4) is 11.1 Å². The first-order valence-corrected chi connectivity index (χ1v) is 16.2. The van der Waals surface area contributed by atoms with Crippen LogP contribution in [0.3, 0.4) is 0 Å². The Kier molecular flexibility index (Phi) is 10.7. The maximum atomic E-state index is 4.01. The zero-order valence-corrected chi connectivity index (χ0v) is 26.5. The third kappa shape index (κ3) is 6.58. The minimum Gasteiger partial charge on any atom is -0.366 e. The predicted octanol–water partition coefficient (Wildman–Crippen LogP) is 8.39. The summed E-state index contributed by atoms with van der Waals surface area (Å²) in [6.45, 7) is 32.5. The lowest BCUT2D eigenvalue weighted by Crippen LogP contribution is -2.41. The fourth-order valence-corrected chi connectivity index (χ4v) is 6.89. The molecule has 1 radical (unpaired) electrons. The lowest BCUT2D eigenvalue weighted by Gasteiger charge is -2.42. The summed E-state index contributed by atoms with van der Waals surface area (Å²) >= 11 is 0. The molecule has 2 aromatic rings. The predicted molar refractivity (Wildman–Crippen MR) is 167 cm³/mol. The quantitative estimate of drug-likeness (QED) is 0.281. The van der Waals surface area contributed by atoms with Gasteiger partial charge in [0.25, 0.3) is 0 Å². The van der Waals surface area contributed by atoms with Crippen molar-refractivity contribution in [2.75, 3.05) is 28.0 Å². The van der Waals surface area contributed by atoms with E-state index in [1.165, 1.54) is 33.5 Å². The van der Waals surface area contributed by atoms with E-state index in [1.807, 2.05) is 0 Å². The highest BCUT2D eigenvalue weighted by Crippen LogP contribution is 2.46. The first-order valence-electron chi connectivity index (χ1n) is 13.9. The van der Waals surface area contributed by atoms with Gasteiger partial charge in [-0.3, -0.25) is 0 Å². The first kappa shape index (κ1) is 30.5. The zero-order valence-electron chi connectivity index (χ0n) is 25.6. The Balaban J connectivity index is 3.19. The smallest absolute Gasteiger partial charge is 0.0574 e. The van der Waals surface area contributed by atoms with Crippen molar-refractivity contribution in [1.29, 1.82) is 0 Å². The summed E-state index contributed by atoms with van der Waals surface area (Å²) in [6.07, 6.45) is 0. The molecule has 0 heterocycles. The number of rotatable bonds is 11. The van der Waals surface area contributed by atoms with Crippen LogP contribution in [0.2, 0.25) is 0 Å². The molecule has 0 atom stereocenters. The largest absolute Gasteiger partial charge is 0.366 e. The van der Waals surface area contributed by atoms with Gasteiger partial charge in [0.05, 0.1) is 5.69 Å². The number of nitrogens with zero attached hydrogens (tertiary/aromatic N) is 3. The van der Waals surface area contributed by atoms with Crippen LogP contribution in [0.5, 0.6) is 0 Å². The van der Waals surface area contributed by atoms with Gasteiger partial charge in [-0.2, -0.15) is 0 Å². The molecule has 0 saturated carbocycles. The molecule has 0 spiro atoms. The molecule has 0 fully saturated rings. The van der Waals surface area contributed by atoms with Crippen LogP contribution in [0.1, 0.15) is 83.1 Å². The molecule has 0 N–H and O–H groups in total. The Hall–Kier alpha value is -1.73. The Morgan fingerprint density at radius 3 is 1.47 bits per heavy atom. The summed E-state index contributed by atoms with van der Waals surface area (Å²) in [4.78, 5) is 7.70. The fraction of sp³-hybridized carbons (Fsp3) is 0.625. The van der Waals surface area contributed by atoms with Crippen LogP contribution in [-0.2, 0) is 0 Å². The second-order valence-electron chi connectivity index (χ2n) is 12.0. The van der Waals surface area contributed by atoms with Crippen LogP contribution >= 0.6 is 7.92 Å². The molecule has 4 heteroatoms. The van der Waals surface area contributed by atoms with Crippen LogP contribution in [-0.4, -0.2) is 49.6 Å². The van der Waals surface area contributed by atoms with E-state index in [2.05, 4.69) is 148 Å². The Labute approximate surface area is 225 Å². The van der Waals surface area contributed by atoms with E-state index in [0.29, 0.717) is 36.3 Å². The monoisotopic (exact) mass is 510 g/mol. The van der Waals surface area contributed by atoms with Gasteiger partial charge < -0.3 is 14.7 Å². The average Bonchev–Trinajstić information content (AvgIpc) is 2.72. The molecular weight excluding hydrogens is 457 g/mol. The second-order valence-corrected chi connectivity index (χ2v) is 14.2. The van der Waals surface area contributed by atoms with E-state index in [9.17, 15) is 0 Å². The Bertz CT molecular complexity index is 910. The van der Waals surface area contributed by atoms with Crippen LogP contribution in [0, 0.1) is 6.07 Å². The number of hydrogen-bond acceptors (Lipinski definition) is 3. The maximum absolute atomic E-state index is 4.01. The van der Waals surface area contributed by atoms with E-state index >= 15 is 0 Å². The van der Waals surface area contributed by atoms with Crippen molar-refractivity contribution in [2.45, 2.75) is 119 Å². The number of benzene rings is 2. The SMILES string of the molecule is CC(C)N(c1[c]c(N(C(C)C)C(C)C)c(-c2ccccc2P(C)C)c(N(C(C)C)C(C)C)c1)C(C)C. The van der Waals surface area contributed by atoms with Gasteiger partial charge in [0.1, 0.15) is 0 Å². The molecule has 0 aromatic heterocycles. The average molecular weight is 511 g/mol. The van der Waals surface area contributed by atoms with Crippen molar-refractivity contribution in [2.24, 2.45) is 0 Å². The molecule has 3 nitrogen and oxygen atoms in total. The van der Waals surface area contributed by atoms with Gasteiger partial charge in [-0.05, 0) is 113 Å². The zero-order chi connectivity index (χ0) is 27.5. The van der Waals surface area contributed by atoms with Gasteiger partial charge in [-0.1, -0.05) is 32.2 Å². The molecule has 2 rings (SSSR count). The van der Waals surface area contributed by atoms with Gasteiger partial charge in [0.2, 0.25) is 0 Å². The summed E-state index contributed by atoms with van der Waals surface area (Å²) in [5.41, 5.74) is 6.45. The summed E-state index contributed by atoms with van der Waals surface area (Å²) < 4.78 is 0. The van der Waals surface area contributed by atoms with Crippen LogP contribution in [0.15, 0.2) is 30.3 Å². The van der Waals surface area contributed by atoms with E-state index in [0.717, 1.165) is 0 Å². The standard InChI is InChI=1S/C32H53N3P/c1-21(2)33(22(3)4)27-19-29(34(23(5)6)24(7)8)32(28-17-15-16-18-31(28)36(13)14)30(20-27)35(25(9)10)26(11)12/h15-19,21-26H,1-14H3. The lowest BCUT2D eigenvalue weighted by atomic mass is 9.95. The minimum atomic E-state index is -0.267. The van der Waals surface area contributed by atoms with Gasteiger partial charge in [-0.25, -0.2) is 0 Å². The number of hydrogen-bond donors (Lipinski definition) is 0. The highest BCUT2D eigenvalue weighted by molar-refractivity contribution is 7.64. The molecule has 2 aromatic carbocycles. The van der Waals surface area contributed by atoms with Crippen LogP contribution in [0.4, 0.5) is 17.1 Å². The van der Waals surface area contributed by atoms with Gasteiger partial charge in [0.15, 0.2) is 0 Å². The highest BCUT2D eigenvalue weighted by Gasteiger charge is 2.30. The second kappa shape index (κ2) is 12.7. The first-order chi connectivity index (χ1) is 16.7. The Morgan fingerprint density at radius 1 is 0.611 bits per heavy atom. The molecule has 0 bridgehead atoms. The molecule has 0 unspecified atom stereocenters. The van der Waals surface area contributed by atoms with E-state index in [1.54, 1.807) is 0 Å². The van der Waals surface area contributed by atoms with Crippen molar-refractivity contribution < 1.29 is 0 Å². The molecule has 201 valence electrons. The highest BCUT2D eigenvalue weighted by atomic mass is 31.1. The topological polar surface area (TPSA) is 9.72 Å². The van der Waals surface area contributed by atoms with Crippen molar-refractivity contribution in [3.05, 3.63) is 36.4 Å². The summed E-state index contributed by atoms with van der Waals surface area (Å²) in [7, 11) is -0.267. The van der Waals surface area contributed by atoms with Gasteiger partial charge in [0, 0.05) is 59.3 Å². The molecule has 36 heavy (non-hydrogen) atoms. The molecule has 0 aliphatic heterocycles. The van der Waals surface area contributed by atoms with Crippen molar-refractivity contribution in [3.63, 3.8) is 0 Å². The third-order valence-electron chi connectivity index (χ3n) is 6.82. The maximum Gasteiger partial charge on any atom is 0.0574 e. The normalized spacial score (nSPS) is 12.2. The summed E-state index contributed by atoms with van der Waals surface area (Å²) in [5, 5.41) is 1.46. The van der Waals surface area contributed by atoms with Crippen molar-refractivity contribution >= 4 is 30.3 Å². The van der Waals surface area contributed by atoms with Crippen molar-refractivity contribution in [1.82, 2.24) is 0 Å². The van der Waals surface area contributed by atoms with E-state index < -0.39 is 0 Å². The summed E-state index contributed by atoms with van der Waals surface area (Å²) in [5.74, 6) is 0. The van der Waals surface area contributed by atoms with E-state index in [4.69, 9.17) is 0 Å². The fourth-order valence-electron chi connectivity index (χ4n) is 5.84. The number of anilines is 3. The minimum absolute atomic E-state index is 0.267. The van der Waals surface area contributed by atoms with Gasteiger partial charge >= 0.3 is 0 Å². The van der Waals surface area contributed by atoms with E-state index in [-0.39, 0.29) is 7.92 Å². The molecule has 0 saturated heterocycles.